The van der Waals surface area contributed by atoms with E-state index in [1.54, 1.807) is 24.4 Å². The molecular formula is C15H9BrF2N2O. The van der Waals surface area contributed by atoms with Crippen molar-refractivity contribution in [2.75, 3.05) is 5.32 Å². The molecule has 0 saturated heterocycles. The number of benzene rings is 2. The van der Waals surface area contributed by atoms with Gasteiger partial charge in [-0.2, -0.15) is 0 Å². The zero-order valence-electron chi connectivity index (χ0n) is 10.6. The third kappa shape index (κ3) is 2.67. The number of aromatic nitrogens is 1. The summed E-state index contributed by atoms with van der Waals surface area (Å²) in [6, 6.07) is 9.03. The maximum absolute atomic E-state index is 13.7. The smallest absolute Gasteiger partial charge is 0.255 e. The topological polar surface area (TPSA) is 44.9 Å². The van der Waals surface area contributed by atoms with E-state index in [4.69, 9.17) is 0 Å². The number of hydrogen-bond donors (Lipinski definition) is 2. The highest BCUT2D eigenvalue weighted by Gasteiger charge is 2.15. The number of anilines is 1. The van der Waals surface area contributed by atoms with Crippen molar-refractivity contribution in [1.29, 1.82) is 0 Å². The zero-order chi connectivity index (χ0) is 15.0. The minimum Gasteiger partial charge on any atom is -0.361 e. The molecule has 0 radical (unpaired) electrons. The summed E-state index contributed by atoms with van der Waals surface area (Å²) in [5.74, 6) is -2.25. The van der Waals surface area contributed by atoms with E-state index in [0.29, 0.717) is 5.56 Å². The first-order valence-corrected chi connectivity index (χ1v) is 6.87. The van der Waals surface area contributed by atoms with Crippen molar-refractivity contribution in [2.45, 2.75) is 0 Å². The van der Waals surface area contributed by atoms with Gasteiger partial charge in [0, 0.05) is 21.7 Å². The maximum atomic E-state index is 13.7. The average molecular weight is 351 g/mol. The molecule has 0 aliphatic rings. The first-order valence-electron chi connectivity index (χ1n) is 6.07. The van der Waals surface area contributed by atoms with E-state index in [-0.39, 0.29) is 4.47 Å². The molecule has 1 aromatic heterocycles. The van der Waals surface area contributed by atoms with Crippen LogP contribution in [0.4, 0.5) is 14.5 Å². The van der Waals surface area contributed by atoms with E-state index in [2.05, 4.69) is 26.2 Å². The number of halogens is 3. The number of nitrogens with one attached hydrogen (secondary N) is 2. The molecule has 106 valence electrons. The first-order chi connectivity index (χ1) is 10.0. The van der Waals surface area contributed by atoms with E-state index in [1.165, 1.54) is 0 Å². The van der Waals surface area contributed by atoms with Gasteiger partial charge in [0.15, 0.2) is 11.6 Å². The van der Waals surface area contributed by atoms with Crippen LogP contribution in [0.25, 0.3) is 10.9 Å². The summed E-state index contributed by atoms with van der Waals surface area (Å²) in [6.07, 6.45) is 1.75. The predicted molar refractivity (Wildman–Crippen MR) is 80.3 cm³/mol. The molecule has 2 N–H and O–H groups in total. The first kappa shape index (κ1) is 13.8. The van der Waals surface area contributed by atoms with Gasteiger partial charge in [0.05, 0.1) is 0 Å². The molecule has 0 bridgehead atoms. The van der Waals surface area contributed by atoms with Crippen molar-refractivity contribution in [3.63, 3.8) is 0 Å². The minimum atomic E-state index is -0.837. The third-order valence-corrected chi connectivity index (χ3v) is 3.52. The Bertz CT molecular complexity index is 822. The highest BCUT2D eigenvalue weighted by Crippen LogP contribution is 2.24. The quantitative estimate of drug-likeness (QED) is 0.704. The second-order valence-corrected chi connectivity index (χ2v) is 5.39. The molecule has 3 aromatic rings. The van der Waals surface area contributed by atoms with Crippen molar-refractivity contribution in [3.05, 3.63) is 64.3 Å². The molecule has 3 nitrogen and oxygen atoms in total. The fourth-order valence-electron chi connectivity index (χ4n) is 2.04. The number of fused-ring (bicyclic) bond motifs is 1. The van der Waals surface area contributed by atoms with Gasteiger partial charge in [-0.25, -0.2) is 8.78 Å². The van der Waals surface area contributed by atoms with Gasteiger partial charge in [0.25, 0.3) is 5.91 Å². The summed E-state index contributed by atoms with van der Waals surface area (Å²) in [5.41, 5.74) is 0.626. The Balaban J connectivity index is 1.92. The lowest BCUT2D eigenvalue weighted by atomic mass is 10.1. The lowest BCUT2D eigenvalue weighted by molar-refractivity contribution is 0.102. The van der Waals surface area contributed by atoms with Crippen LogP contribution in [-0.4, -0.2) is 10.9 Å². The van der Waals surface area contributed by atoms with Gasteiger partial charge >= 0.3 is 0 Å². The monoisotopic (exact) mass is 350 g/mol. The Labute approximate surface area is 127 Å². The van der Waals surface area contributed by atoms with Crippen LogP contribution >= 0.6 is 15.9 Å². The number of rotatable bonds is 2. The van der Waals surface area contributed by atoms with Crippen LogP contribution in [0.5, 0.6) is 0 Å². The molecule has 0 fully saturated rings. The molecule has 6 heteroatoms. The SMILES string of the molecule is O=C(Nc1c(F)cc(Br)cc1F)c1ccc2cc[nH]c2c1. The van der Waals surface area contributed by atoms with E-state index in [0.717, 1.165) is 23.0 Å². The summed E-state index contributed by atoms with van der Waals surface area (Å²) in [6.45, 7) is 0. The average Bonchev–Trinajstić information content (AvgIpc) is 2.89. The predicted octanol–water partition coefficient (Wildman–Crippen LogP) is 4.46. The lowest BCUT2D eigenvalue weighted by Crippen LogP contribution is -2.14. The summed E-state index contributed by atoms with van der Waals surface area (Å²) in [4.78, 5) is 15.1. The van der Waals surface area contributed by atoms with E-state index >= 15 is 0 Å². The van der Waals surface area contributed by atoms with Crippen LogP contribution in [-0.2, 0) is 0 Å². The molecule has 1 amide bonds. The largest absolute Gasteiger partial charge is 0.361 e. The van der Waals surface area contributed by atoms with Crippen molar-refractivity contribution < 1.29 is 13.6 Å². The molecule has 3 rings (SSSR count). The molecule has 2 aromatic carbocycles. The van der Waals surface area contributed by atoms with Gasteiger partial charge < -0.3 is 10.3 Å². The second kappa shape index (κ2) is 5.29. The Morgan fingerprint density at radius 3 is 2.52 bits per heavy atom. The van der Waals surface area contributed by atoms with Crippen molar-refractivity contribution in [2.24, 2.45) is 0 Å². The van der Waals surface area contributed by atoms with E-state index < -0.39 is 23.2 Å². The number of H-pyrrole nitrogens is 1. The standard InChI is InChI=1S/C15H9BrF2N2O/c16-10-6-11(17)14(12(18)7-10)20-15(21)9-2-1-8-3-4-19-13(8)5-9/h1-7,19H,(H,20,21). The van der Waals surface area contributed by atoms with Crippen molar-refractivity contribution >= 4 is 38.4 Å². The molecule has 0 spiro atoms. The maximum Gasteiger partial charge on any atom is 0.255 e. The highest BCUT2D eigenvalue weighted by molar-refractivity contribution is 9.10. The summed E-state index contributed by atoms with van der Waals surface area (Å²) in [5, 5.41) is 3.21. The molecule has 0 atom stereocenters. The Hall–Kier alpha value is -2.21. The van der Waals surface area contributed by atoms with Crippen molar-refractivity contribution in [1.82, 2.24) is 4.98 Å². The number of amides is 1. The van der Waals surface area contributed by atoms with Crippen LogP contribution in [0.2, 0.25) is 0 Å². The molecule has 1 heterocycles. The van der Waals surface area contributed by atoms with E-state index in [9.17, 15) is 13.6 Å². The van der Waals surface area contributed by atoms with Crippen LogP contribution in [0.3, 0.4) is 0 Å². The minimum absolute atomic E-state index is 0.267. The van der Waals surface area contributed by atoms with Crippen molar-refractivity contribution in [3.8, 4) is 0 Å². The Morgan fingerprint density at radius 1 is 1.10 bits per heavy atom. The molecule has 0 unspecified atom stereocenters. The summed E-state index contributed by atoms with van der Waals surface area (Å²) < 4.78 is 27.7. The molecule has 0 aliphatic heterocycles. The molecule has 21 heavy (non-hydrogen) atoms. The van der Waals surface area contributed by atoms with Gasteiger partial charge in [-0.3, -0.25) is 4.79 Å². The van der Waals surface area contributed by atoms with Crippen LogP contribution in [0, 0.1) is 11.6 Å². The molecular weight excluding hydrogens is 342 g/mol. The third-order valence-electron chi connectivity index (χ3n) is 3.06. The van der Waals surface area contributed by atoms with Gasteiger partial charge in [-0.1, -0.05) is 22.0 Å². The number of aromatic amines is 1. The second-order valence-electron chi connectivity index (χ2n) is 4.48. The number of carbonyl (C=O) groups excluding carboxylic acids is 1. The Kier molecular flexibility index (Phi) is 3.47. The summed E-state index contributed by atoms with van der Waals surface area (Å²) in [7, 11) is 0. The summed E-state index contributed by atoms with van der Waals surface area (Å²) >= 11 is 2.98. The van der Waals surface area contributed by atoms with Gasteiger partial charge in [0.2, 0.25) is 0 Å². The highest BCUT2D eigenvalue weighted by atomic mass is 79.9. The molecule has 0 aliphatic carbocycles. The van der Waals surface area contributed by atoms with E-state index in [1.807, 2.05) is 6.07 Å². The molecule has 0 saturated carbocycles. The fourth-order valence-corrected chi connectivity index (χ4v) is 2.44. The van der Waals surface area contributed by atoms with Gasteiger partial charge in [-0.05, 0) is 35.7 Å². The van der Waals surface area contributed by atoms with Crippen LogP contribution in [0.1, 0.15) is 10.4 Å². The zero-order valence-corrected chi connectivity index (χ0v) is 12.2. The normalized spacial score (nSPS) is 10.8. The van der Waals surface area contributed by atoms with Crippen LogP contribution in [0.15, 0.2) is 47.1 Å². The number of carbonyl (C=O) groups is 1. The number of hydrogen-bond acceptors (Lipinski definition) is 1. The Morgan fingerprint density at radius 2 is 1.81 bits per heavy atom. The fraction of sp³-hybridized carbons (Fsp3) is 0. The lowest BCUT2D eigenvalue weighted by Gasteiger charge is -2.08. The van der Waals surface area contributed by atoms with Crippen LogP contribution < -0.4 is 5.32 Å². The van der Waals surface area contributed by atoms with Gasteiger partial charge in [0.1, 0.15) is 5.69 Å². The van der Waals surface area contributed by atoms with Gasteiger partial charge in [-0.15, -0.1) is 0 Å².